The zero-order valence-electron chi connectivity index (χ0n) is 15.3. The number of carbonyl (C=O) groups is 2. The molecule has 0 radical (unpaired) electrons. The van der Waals surface area contributed by atoms with E-state index in [9.17, 15) is 14.7 Å². The van der Waals surface area contributed by atoms with Crippen LogP contribution in [0.25, 0.3) is 0 Å². The highest BCUT2D eigenvalue weighted by Gasteiger charge is 2.30. The lowest BCUT2D eigenvalue weighted by Gasteiger charge is -2.08. The first-order chi connectivity index (χ1) is 13.4. The van der Waals surface area contributed by atoms with E-state index in [0.29, 0.717) is 16.7 Å². The fourth-order valence-corrected chi connectivity index (χ4v) is 3.41. The van der Waals surface area contributed by atoms with Crippen molar-refractivity contribution in [3.63, 3.8) is 0 Å². The predicted octanol–water partition coefficient (Wildman–Crippen LogP) is 4.08. The molecule has 1 N–H and O–H groups in total. The smallest absolute Gasteiger partial charge is 0.343 e. The van der Waals surface area contributed by atoms with Crippen molar-refractivity contribution in [2.24, 2.45) is 9.98 Å². The van der Waals surface area contributed by atoms with E-state index in [-0.39, 0.29) is 29.5 Å². The maximum Gasteiger partial charge on any atom is 0.343 e. The largest absolute Gasteiger partial charge is 0.512 e. The molecule has 1 aliphatic rings. The van der Waals surface area contributed by atoms with Crippen molar-refractivity contribution in [2.75, 3.05) is 6.61 Å². The number of halogens is 1. The second-order valence-corrected chi connectivity index (χ2v) is 7.07. The van der Waals surface area contributed by atoms with Gasteiger partial charge in [-0.25, -0.2) is 9.79 Å². The summed E-state index contributed by atoms with van der Waals surface area (Å²) in [5.41, 5.74) is 1.88. The number of carbonyl (C=O) groups excluding carboxylic acids is 2. The van der Waals surface area contributed by atoms with Gasteiger partial charge in [-0.2, -0.15) is 4.99 Å². The molecule has 2 aromatic carbocycles. The van der Waals surface area contributed by atoms with Crippen LogP contribution in [0.1, 0.15) is 35.3 Å². The first kappa shape index (κ1) is 19.9. The van der Waals surface area contributed by atoms with E-state index < -0.39 is 11.9 Å². The molecule has 0 spiro atoms. The van der Waals surface area contributed by atoms with Crippen molar-refractivity contribution in [3.05, 3.63) is 80.1 Å². The fraction of sp³-hybridized carbons (Fsp3) is 0.143. The van der Waals surface area contributed by atoms with Gasteiger partial charge in [-0.15, -0.1) is 0 Å². The number of hydrogen-bond donors (Lipinski definition) is 1. The Hall–Kier alpha value is -2.81. The first-order valence-electron chi connectivity index (χ1n) is 8.57. The molecule has 1 aliphatic heterocycles. The molecule has 3 rings (SSSR count). The Morgan fingerprint density at radius 2 is 1.75 bits per heavy atom. The quantitative estimate of drug-likeness (QED) is 0.304. The van der Waals surface area contributed by atoms with Crippen LogP contribution in [0, 0.1) is 3.57 Å². The number of allylic oxidation sites excluding steroid dienone is 1. The van der Waals surface area contributed by atoms with Crippen molar-refractivity contribution in [1.29, 1.82) is 0 Å². The summed E-state index contributed by atoms with van der Waals surface area (Å²) < 4.78 is 5.83. The van der Waals surface area contributed by atoms with Gasteiger partial charge < -0.3 is 9.84 Å². The number of esters is 1. The van der Waals surface area contributed by atoms with Crippen molar-refractivity contribution in [2.45, 2.75) is 13.8 Å². The van der Waals surface area contributed by atoms with Crippen LogP contribution in [0.4, 0.5) is 0 Å². The third-order valence-corrected chi connectivity index (χ3v) is 4.97. The average Bonchev–Trinajstić information content (AvgIpc) is 3.00. The Balaban J connectivity index is 2.11. The molecule has 1 amide bonds. The second kappa shape index (κ2) is 8.47. The molecule has 0 atom stereocenters. The summed E-state index contributed by atoms with van der Waals surface area (Å²) in [7, 11) is 0. The number of ether oxygens (including phenoxy) is 1. The van der Waals surface area contributed by atoms with Crippen molar-refractivity contribution in [1.82, 2.24) is 0 Å². The Kier molecular flexibility index (Phi) is 6.03. The molecule has 0 aliphatic carbocycles. The second-order valence-electron chi connectivity index (χ2n) is 5.91. The van der Waals surface area contributed by atoms with Crippen LogP contribution in [0.2, 0.25) is 0 Å². The number of amidine groups is 1. The van der Waals surface area contributed by atoms with Gasteiger partial charge in [0.15, 0.2) is 5.84 Å². The highest BCUT2D eigenvalue weighted by atomic mass is 127. The summed E-state index contributed by atoms with van der Waals surface area (Å²) in [6.07, 6.45) is 0. The maximum atomic E-state index is 12.7. The lowest BCUT2D eigenvalue weighted by atomic mass is 9.99. The van der Waals surface area contributed by atoms with Gasteiger partial charge in [0, 0.05) is 14.7 Å². The monoisotopic (exact) mass is 488 g/mol. The summed E-state index contributed by atoms with van der Waals surface area (Å²) in [6, 6.07) is 14.2. The van der Waals surface area contributed by atoms with E-state index >= 15 is 0 Å². The lowest BCUT2D eigenvalue weighted by molar-refractivity contribution is -0.138. The normalized spacial score (nSPS) is 15.0. The van der Waals surface area contributed by atoms with Gasteiger partial charge in [-0.3, -0.25) is 4.79 Å². The minimum Gasteiger partial charge on any atom is -0.512 e. The van der Waals surface area contributed by atoms with Crippen molar-refractivity contribution < 1.29 is 19.4 Å². The Morgan fingerprint density at radius 1 is 1.11 bits per heavy atom. The van der Waals surface area contributed by atoms with Gasteiger partial charge in [0.1, 0.15) is 11.3 Å². The van der Waals surface area contributed by atoms with E-state index in [1.54, 1.807) is 43.3 Å². The van der Waals surface area contributed by atoms with E-state index in [0.717, 1.165) is 3.57 Å². The minimum atomic E-state index is -0.679. The predicted molar refractivity (Wildman–Crippen MR) is 115 cm³/mol. The molecule has 6 nitrogen and oxygen atoms in total. The van der Waals surface area contributed by atoms with E-state index in [1.807, 2.05) is 12.1 Å². The number of aliphatic imine (C=N–C) groups is 2. The molecule has 0 bridgehead atoms. The minimum absolute atomic E-state index is 0.0405. The summed E-state index contributed by atoms with van der Waals surface area (Å²) in [4.78, 5) is 33.6. The van der Waals surface area contributed by atoms with Gasteiger partial charge in [-0.1, -0.05) is 36.4 Å². The molecule has 2 aromatic rings. The fourth-order valence-electron chi connectivity index (χ4n) is 2.80. The van der Waals surface area contributed by atoms with Gasteiger partial charge in [0.05, 0.1) is 17.9 Å². The molecule has 0 fully saturated rings. The Morgan fingerprint density at radius 3 is 2.39 bits per heavy atom. The van der Waals surface area contributed by atoms with Crippen LogP contribution >= 0.6 is 22.6 Å². The number of benzene rings is 2. The number of fused-ring (bicyclic) bond motifs is 1. The highest BCUT2D eigenvalue weighted by Crippen LogP contribution is 2.26. The van der Waals surface area contributed by atoms with Gasteiger partial charge in [0.25, 0.3) is 5.91 Å². The number of rotatable bonds is 4. The van der Waals surface area contributed by atoms with Crippen LogP contribution in [-0.4, -0.2) is 35.1 Å². The van der Waals surface area contributed by atoms with E-state index in [1.165, 1.54) is 6.92 Å². The molecule has 0 unspecified atom stereocenters. The molecule has 0 aromatic heterocycles. The molecular formula is C21H17IN2O4. The zero-order chi connectivity index (χ0) is 20.3. The molecule has 7 heteroatoms. The standard InChI is InChI=1S/C21H17IN2O4/c1-3-28-21(27)17(12(2)25)18-13-8-4-5-9-14(13)19(23-18)24-20(26)15-10-6-7-11-16(15)22/h4-11,25H,3H2,1-2H3/b17-12-,24-19?. The Labute approximate surface area is 175 Å². The summed E-state index contributed by atoms with van der Waals surface area (Å²) in [6.45, 7) is 3.24. The van der Waals surface area contributed by atoms with Crippen LogP contribution < -0.4 is 0 Å². The third kappa shape index (κ3) is 3.89. The summed E-state index contributed by atoms with van der Waals surface area (Å²) in [5, 5.41) is 10.1. The molecule has 0 saturated carbocycles. The van der Waals surface area contributed by atoms with Gasteiger partial charge >= 0.3 is 5.97 Å². The number of aliphatic hydroxyl groups is 1. The molecule has 0 saturated heterocycles. The molecular weight excluding hydrogens is 471 g/mol. The van der Waals surface area contributed by atoms with E-state index in [4.69, 9.17) is 4.74 Å². The average molecular weight is 488 g/mol. The van der Waals surface area contributed by atoms with E-state index in [2.05, 4.69) is 32.6 Å². The van der Waals surface area contributed by atoms with Crippen molar-refractivity contribution >= 4 is 46.0 Å². The Bertz CT molecular complexity index is 1050. The van der Waals surface area contributed by atoms with Gasteiger partial charge in [-0.05, 0) is 48.6 Å². The topological polar surface area (TPSA) is 88.3 Å². The SMILES string of the molecule is CCOC(=O)/C(C1=NC(=NC(=O)c2ccccc2I)c2ccccc21)=C(/C)O. The summed E-state index contributed by atoms with van der Waals surface area (Å²) in [5.74, 6) is -1.13. The van der Waals surface area contributed by atoms with Gasteiger partial charge in [0.2, 0.25) is 0 Å². The van der Waals surface area contributed by atoms with Crippen molar-refractivity contribution in [3.8, 4) is 0 Å². The lowest BCUT2D eigenvalue weighted by Crippen LogP contribution is -2.18. The third-order valence-electron chi connectivity index (χ3n) is 4.03. The number of aliphatic hydroxyl groups excluding tert-OH is 1. The molecule has 142 valence electrons. The van der Waals surface area contributed by atoms with Crippen LogP contribution in [0.5, 0.6) is 0 Å². The number of hydrogen-bond acceptors (Lipinski definition) is 4. The maximum absolute atomic E-state index is 12.7. The first-order valence-corrected chi connectivity index (χ1v) is 9.65. The number of amides is 1. The van der Waals surface area contributed by atoms with Crippen LogP contribution in [0.3, 0.4) is 0 Å². The zero-order valence-corrected chi connectivity index (χ0v) is 17.4. The van der Waals surface area contributed by atoms with Crippen LogP contribution in [-0.2, 0) is 9.53 Å². The molecule has 1 heterocycles. The van der Waals surface area contributed by atoms with Crippen LogP contribution in [0.15, 0.2) is 69.8 Å². The molecule has 28 heavy (non-hydrogen) atoms. The highest BCUT2D eigenvalue weighted by molar-refractivity contribution is 14.1. The summed E-state index contributed by atoms with van der Waals surface area (Å²) >= 11 is 2.08. The number of nitrogens with zero attached hydrogens (tertiary/aromatic N) is 2.